The van der Waals surface area contributed by atoms with Crippen molar-refractivity contribution in [2.75, 3.05) is 5.32 Å². The first kappa shape index (κ1) is 13.6. The first-order valence-corrected chi connectivity index (χ1v) is 7.35. The Morgan fingerprint density at radius 3 is 2.61 bits per heavy atom. The summed E-state index contributed by atoms with van der Waals surface area (Å²) in [6.07, 6.45) is 0. The van der Waals surface area contributed by atoms with Gasteiger partial charge in [0.05, 0.1) is 5.02 Å². The van der Waals surface area contributed by atoms with Gasteiger partial charge in [-0.05, 0) is 42.5 Å². The quantitative estimate of drug-likeness (QED) is 0.813. The van der Waals surface area contributed by atoms with Crippen LogP contribution in [0, 0.1) is 13.8 Å². The monoisotopic (exact) mass is 343 g/mol. The molecule has 1 aromatic heterocycles. The van der Waals surface area contributed by atoms with Crippen LogP contribution in [0.4, 0.5) is 5.69 Å². The Balaban J connectivity index is 2.21. The van der Waals surface area contributed by atoms with Crippen LogP contribution in [-0.2, 0) is 0 Å². The lowest BCUT2D eigenvalue weighted by molar-refractivity contribution is 0.103. The van der Waals surface area contributed by atoms with Gasteiger partial charge in [0, 0.05) is 10.2 Å². The minimum atomic E-state index is -0.172. The van der Waals surface area contributed by atoms with Crippen molar-refractivity contribution in [2.24, 2.45) is 0 Å². The molecule has 0 fully saturated rings. The number of rotatable bonds is 2. The van der Waals surface area contributed by atoms with Crippen LogP contribution in [0.2, 0.25) is 5.02 Å². The molecule has 5 heteroatoms. The molecule has 0 bridgehead atoms. The van der Waals surface area contributed by atoms with Crippen LogP contribution in [0.3, 0.4) is 0 Å². The zero-order valence-electron chi connectivity index (χ0n) is 9.88. The highest BCUT2D eigenvalue weighted by molar-refractivity contribution is 9.10. The molecule has 2 rings (SSSR count). The molecule has 94 valence electrons. The second kappa shape index (κ2) is 5.43. The van der Waals surface area contributed by atoms with Crippen molar-refractivity contribution in [3.05, 3.63) is 49.1 Å². The molecule has 1 N–H and O–H groups in total. The van der Waals surface area contributed by atoms with Gasteiger partial charge in [-0.3, -0.25) is 4.79 Å². The molecule has 2 aromatic rings. The van der Waals surface area contributed by atoms with Crippen molar-refractivity contribution in [3.63, 3.8) is 0 Å². The Morgan fingerprint density at radius 2 is 2.06 bits per heavy atom. The van der Waals surface area contributed by atoms with Gasteiger partial charge < -0.3 is 5.32 Å². The third kappa shape index (κ3) is 2.76. The maximum absolute atomic E-state index is 12.0. The highest BCUT2D eigenvalue weighted by atomic mass is 79.9. The van der Waals surface area contributed by atoms with E-state index >= 15 is 0 Å². The van der Waals surface area contributed by atoms with Crippen LogP contribution in [0.5, 0.6) is 0 Å². The van der Waals surface area contributed by atoms with Crippen LogP contribution in [-0.4, -0.2) is 5.91 Å². The maximum Gasteiger partial charge on any atom is 0.267 e. The average molecular weight is 345 g/mol. The molecule has 0 aliphatic rings. The van der Waals surface area contributed by atoms with Crippen LogP contribution in [0.1, 0.15) is 20.8 Å². The van der Waals surface area contributed by atoms with E-state index in [4.69, 9.17) is 11.6 Å². The zero-order valence-corrected chi connectivity index (χ0v) is 13.0. The third-order valence-corrected chi connectivity index (χ3v) is 5.09. The second-order valence-electron chi connectivity index (χ2n) is 3.98. The van der Waals surface area contributed by atoms with E-state index in [0.29, 0.717) is 9.90 Å². The standard InChI is InChI=1S/C13H11BrClNOS/c1-7-3-4-9(5-10(7)14)16-13(17)12-11(15)8(2)6-18-12/h3-6H,1-2H3,(H,16,17). The zero-order chi connectivity index (χ0) is 13.3. The molecule has 0 spiro atoms. The fraction of sp³-hybridized carbons (Fsp3) is 0.154. The van der Waals surface area contributed by atoms with Crippen molar-refractivity contribution in [3.8, 4) is 0 Å². The number of halogens is 2. The van der Waals surface area contributed by atoms with E-state index in [1.54, 1.807) is 0 Å². The molecule has 1 amide bonds. The number of carbonyl (C=O) groups is 1. The highest BCUT2D eigenvalue weighted by Crippen LogP contribution is 2.28. The van der Waals surface area contributed by atoms with Gasteiger partial charge in [0.15, 0.2) is 0 Å². The molecule has 2 nitrogen and oxygen atoms in total. The van der Waals surface area contributed by atoms with Gasteiger partial charge >= 0.3 is 0 Å². The number of thiophene rings is 1. The predicted octanol–water partition coefficient (Wildman–Crippen LogP) is 5.03. The van der Waals surface area contributed by atoms with Crippen molar-refractivity contribution in [2.45, 2.75) is 13.8 Å². The lowest BCUT2D eigenvalue weighted by atomic mass is 10.2. The number of aryl methyl sites for hydroxylation is 2. The van der Waals surface area contributed by atoms with E-state index in [9.17, 15) is 4.79 Å². The maximum atomic E-state index is 12.0. The lowest BCUT2D eigenvalue weighted by Crippen LogP contribution is -2.10. The smallest absolute Gasteiger partial charge is 0.267 e. The van der Waals surface area contributed by atoms with E-state index in [0.717, 1.165) is 21.3 Å². The van der Waals surface area contributed by atoms with E-state index in [-0.39, 0.29) is 5.91 Å². The van der Waals surface area contributed by atoms with E-state index < -0.39 is 0 Å². The topological polar surface area (TPSA) is 29.1 Å². The van der Waals surface area contributed by atoms with Gasteiger partial charge in [-0.1, -0.05) is 33.6 Å². The molecule has 0 atom stereocenters. The second-order valence-corrected chi connectivity index (χ2v) is 6.09. The van der Waals surface area contributed by atoms with Crippen LogP contribution in [0.15, 0.2) is 28.1 Å². The summed E-state index contributed by atoms with van der Waals surface area (Å²) in [7, 11) is 0. The summed E-state index contributed by atoms with van der Waals surface area (Å²) in [6.45, 7) is 3.88. The minimum absolute atomic E-state index is 0.172. The summed E-state index contributed by atoms with van der Waals surface area (Å²) in [6, 6.07) is 5.69. The van der Waals surface area contributed by atoms with Crippen LogP contribution >= 0.6 is 38.9 Å². The molecular formula is C13H11BrClNOS. The minimum Gasteiger partial charge on any atom is -0.321 e. The van der Waals surface area contributed by atoms with Gasteiger partial charge in [-0.2, -0.15) is 0 Å². The van der Waals surface area contributed by atoms with Crippen molar-refractivity contribution < 1.29 is 4.79 Å². The van der Waals surface area contributed by atoms with Crippen LogP contribution in [0.25, 0.3) is 0 Å². The van der Waals surface area contributed by atoms with Gasteiger partial charge in [-0.25, -0.2) is 0 Å². The largest absolute Gasteiger partial charge is 0.321 e. The molecule has 0 radical (unpaired) electrons. The van der Waals surface area contributed by atoms with E-state index in [1.807, 2.05) is 37.4 Å². The molecule has 0 saturated carbocycles. The Hall–Kier alpha value is -0.840. The molecule has 1 aromatic carbocycles. The summed E-state index contributed by atoms with van der Waals surface area (Å²) in [4.78, 5) is 12.6. The summed E-state index contributed by atoms with van der Waals surface area (Å²) in [5.74, 6) is -0.172. The molecule has 0 unspecified atom stereocenters. The average Bonchev–Trinajstić information content (AvgIpc) is 2.65. The molecule has 0 aliphatic heterocycles. The van der Waals surface area contributed by atoms with Gasteiger partial charge in [0.1, 0.15) is 4.88 Å². The number of nitrogens with one attached hydrogen (secondary N) is 1. The Labute approximate surface area is 123 Å². The molecule has 0 saturated heterocycles. The number of carbonyl (C=O) groups excluding carboxylic acids is 1. The Bertz CT molecular complexity index is 609. The number of anilines is 1. The fourth-order valence-electron chi connectivity index (χ4n) is 1.44. The fourth-order valence-corrected chi connectivity index (χ4v) is 2.99. The first-order valence-electron chi connectivity index (χ1n) is 5.30. The van der Waals surface area contributed by atoms with Crippen molar-refractivity contribution >= 4 is 50.5 Å². The highest BCUT2D eigenvalue weighted by Gasteiger charge is 2.14. The summed E-state index contributed by atoms with van der Waals surface area (Å²) >= 11 is 10.9. The van der Waals surface area contributed by atoms with Crippen molar-refractivity contribution in [1.29, 1.82) is 0 Å². The van der Waals surface area contributed by atoms with Crippen molar-refractivity contribution in [1.82, 2.24) is 0 Å². The Kier molecular flexibility index (Phi) is 4.10. The summed E-state index contributed by atoms with van der Waals surface area (Å²) in [5, 5.41) is 5.25. The van der Waals surface area contributed by atoms with Gasteiger partial charge in [-0.15, -0.1) is 11.3 Å². The Morgan fingerprint density at radius 1 is 1.33 bits per heavy atom. The molecular weight excluding hydrogens is 334 g/mol. The summed E-state index contributed by atoms with van der Waals surface area (Å²) in [5.41, 5.74) is 2.80. The van der Waals surface area contributed by atoms with Crippen LogP contribution < -0.4 is 5.32 Å². The van der Waals surface area contributed by atoms with E-state index in [2.05, 4.69) is 21.2 Å². The van der Waals surface area contributed by atoms with Gasteiger partial charge in [0.2, 0.25) is 0 Å². The first-order chi connectivity index (χ1) is 8.49. The predicted molar refractivity (Wildman–Crippen MR) is 80.9 cm³/mol. The molecule has 18 heavy (non-hydrogen) atoms. The molecule has 1 heterocycles. The third-order valence-electron chi connectivity index (χ3n) is 2.54. The summed E-state index contributed by atoms with van der Waals surface area (Å²) < 4.78 is 0.966. The number of benzene rings is 1. The SMILES string of the molecule is Cc1ccc(NC(=O)c2scc(C)c2Cl)cc1Br. The normalized spacial score (nSPS) is 10.4. The number of hydrogen-bond acceptors (Lipinski definition) is 2. The lowest BCUT2D eigenvalue weighted by Gasteiger charge is -2.06. The number of amides is 1. The number of hydrogen-bond donors (Lipinski definition) is 1. The van der Waals surface area contributed by atoms with E-state index in [1.165, 1.54) is 11.3 Å². The molecule has 0 aliphatic carbocycles. The van der Waals surface area contributed by atoms with Gasteiger partial charge in [0.25, 0.3) is 5.91 Å².